The van der Waals surface area contributed by atoms with Crippen LogP contribution in [0, 0.1) is 0 Å². The molecular formula is C62H77N7. The molecule has 69 heavy (non-hydrogen) atoms. The van der Waals surface area contributed by atoms with E-state index in [4.69, 9.17) is 19.9 Å². The number of rotatable bonds is 9. The van der Waals surface area contributed by atoms with E-state index in [2.05, 4.69) is 261 Å². The molecule has 0 saturated carbocycles. The summed E-state index contributed by atoms with van der Waals surface area (Å²) in [5.74, 6) is 3.67. The van der Waals surface area contributed by atoms with Gasteiger partial charge in [0.2, 0.25) is 0 Å². The van der Waals surface area contributed by atoms with Gasteiger partial charge in [0.15, 0.2) is 0 Å². The van der Waals surface area contributed by atoms with Gasteiger partial charge in [0.05, 0.1) is 5.69 Å². The molecule has 0 saturated heterocycles. The van der Waals surface area contributed by atoms with Gasteiger partial charge in [0.25, 0.3) is 0 Å². The minimum Gasteiger partial charge on any atom is -0.295 e. The summed E-state index contributed by atoms with van der Waals surface area (Å²) in [4.78, 5) is 28.0. The molecule has 0 aliphatic rings. The second-order valence-corrected chi connectivity index (χ2v) is 24.9. The van der Waals surface area contributed by atoms with Gasteiger partial charge >= 0.3 is 0 Å². The van der Waals surface area contributed by atoms with Crippen LogP contribution in [0.25, 0.3) is 0 Å². The largest absolute Gasteiger partial charge is 0.295 e. The van der Waals surface area contributed by atoms with Crippen LogP contribution >= 0.6 is 0 Å². The van der Waals surface area contributed by atoms with E-state index in [1.807, 2.05) is 18.6 Å². The first-order chi connectivity index (χ1) is 32.0. The van der Waals surface area contributed by atoms with E-state index in [0.717, 1.165) is 56.9 Å². The summed E-state index contributed by atoms with van der Waals surface area (Å²) >= 11 is 0. The Labute approximate surface area is 415 Å². The molecule has 0 spiro atoms. The topological polar surface area (TPSA) is 61.3 Å². The molecular weight excluding hydrogens is 843 g/mol. The molecule has 7 heteroatoms. The van der Waals surface area contributed by atoms with Crippen molar-refractivity contribution in [3.63, 3.8) is 0 Å². The van der Waals surface area contributed by atoms with Crippen LogP contribution in [0.3, 0.4) is 0 Å². The number of aromatic nitrogens is 4. The molecule has 7 nitrogen and oxygen atoms in total. The summed E-state index contributed by atoms with van der Waals surface area (Å²) in [6, 6.07) is 43.9. The molecule has 4 aromatic heterocycles. The van der Waals surface area contributed by atoms with Crippen molar-refractivity contribution in [2.45, 2.75) is 157 Å². The van der Waals surface area contributed by atoms with Crippen LogP contribution in [0.15, 0.2) is 140 Å². The Balaban J connectivity index is 1.58. The fourth-order valence-corrected chi connectivity index (χ4v) is 8.24. The molecule has 0 bridgehead atoms. The monoisotopic (exact) mass is 920 g/mol. The van der Waals surface area contributed by atoms with Gasteiger partial charge in [-0.25, -0.2) is 19.9 Å². The minimum atomic E-state index is -0.0762. The van der Waals surface area contributed by atoms with E-state index < -0.39 is 0 Å². The number of pyridine rings is 4. The van der Waals surface area contributed by atoms with Gasteiger partial charge < -0.3 is 0 Å². The maximum absolute atomic E-state index is 5.71. The van der Waals surface area contributed by atoms with E-state index in [1.165, 1.54) is 16.7 Å². The summed E-state index contributed by atoms with van der Waals surface area (Å²) in [7, 11) is 0. The average Bonchev–Trinajstić information content (AvgIpc) is 3.26. The number of hydrogen-bond donors (Lipinski definition) is 0. The van der Waals surface area contributed by atoms with E-state index in [1.54, 1.807) is 0 Å². The molecule has 7 rings (SSSR count). The first kappa shape index (κ1) is 50.5. The van der Waals surface area contributed by atoms with Gasteiger partial charge in [0, 0.05) is 47.8 Å². The van der Waals surface area contributed by atoms with Crippen LogP contribution in [0.4, 0.5) is 51.8 Å². The number of benzene rings is 3. The predicted octanol–water partition coefficient (Wildman–Crippen LogP) is 17.5. The molecule has 0 amide bonds. The van der Waals surface area contributed by atoms with Gasteiger partial charge in [-0.3, -0.25) is 14.7 Å². The van der Waals surface area contributed by atoms with E-state index >= 15 is 0 Å². The fourth-order valence-electron chi connectivity index (χ4n) is 8.24. The van der Waals surface area contributed by atoms with E-state index in [9.17, 15) is 0 Å². The Morgan fingerprint density at radius 1 is 0.246 bits per heavy atom. The molecule has 360 valence electrons. The van der Waals surface area contributed by atoms with Gasteiger partial charge in [-0.2, -0.15) is 0 Å². The number of nitrogens with zero attached hydrogens (tertiary/aromatic N) is 7. The fraction of sp³-hybridized carbons (Fsp3) is 0.387. The van der Waals surface area contributed by atoms with Gasteiger partial charge in [-0.05, 0) is 120 Å². The molecule has 4 heterocycles. The zero-order chi connectivity index (χ0) is 50.5. The van der Waals surface area contributed by atoms with Gasteiger partial charge in [-0.1, -0.05) is 179 Å². The van der Waals surface area contributed by atoms with Crippen LogP contribution in [-0.4, -0.2) is 19.9 Å². The molecule has 3 aromatic carbocycles. The first-order valence-electron chi connectivity index (χ1n) is 24.6. The zero-order valence-electron chi connectivity index (χ0n) is 44.9. The summed E-state index contributed by atoms with van der Waals surface area (Å²) in [6.07, 6.45) is 6.02. The van der Waals surface area contributed by atoms with Crippen LogP contribution in [0.5, 0.6) is 0 Å². The average molecular weight is 920 g/mol. The van der Waals surface area contributed by atoms with Crippen molar-refractivity contribution in [1.82, 2.24) is 19.9 Å². The molecule has 0 atom stereocenters. The first-order valence-corrected chi connectivity index (χ1v) is 24.6. The van der Waals surface area contributed by atoms with Crippen LogP contribution in [0.1, 0.15) is 158 Å². The third-order valence-electron chi connectivity index (χ3n) is 13.0. The Hall–Kier alpha value is -6.34. The molecule has 0 radical (unpaired) electrons. The van der Waals surface area contributed by atoms with E-state index in [0.29, 0.717) is 11.6 Å². The lowest BCUT2D eigenvalue weighted by molar-refractivity contribution is 0.587. The summed E-state index contributed by atoms with van der Waals surface area (Å²) in [5.41, 5.74) is 10.6. The maximum atomic E-state index is 5.71. The minimum absolute atomic E-state index is 0.0237. The third kappa shape index (κ3) is 11.6. The quantitative estimate of drug-likeness (QED) is 0.143. The highest BCUT2D eigenvalue weighted by Crippen LogP contribution is 2.45. The van der Waals surface area contributed by atoms with Crippen LogP contribution in [0.2, 0.25) is 0 Å². The lowest BCUT2D eigenvalue weighted by Crippen LogP contribution is -2.21. The second-order valence-electron chi connectivity index (χ2n) is 24.9. The lowest BCUT2D eigenvalue weighted by Gasteiger charge is -2.32. The maximum Gasteiger partial charge on any atom is 0.143 e. The normalized spacial score (nSPS) is 12.8. The summed E-state index contributed by atoms with van der Waals surface area (Å²) in [6.45, 7) is 40.3. The zero-order valence-corrected chi connectivity index (χ0v) is 44.9. The van der Waals surface area contributed by atoms with Crippen LogP contribution < -0.4 is 14.7 Å². The highest BCUT2D eigenvalue weighted by molar-refractivity contribution is 5.84. The molecule has 7 aromatic rings. The van der Waals surface area contributed by atoms with E-state index in [-0.39, 0.29) is 32.5 Å². The second kappa shape index (κ2) is 18.5. The SMILES string of the molecule is CC(C)(C)c1ccc(N(c2cc(N(c3ccc(C(C)(C)C)cc3)c3ccc(C(C)(C)C)cn3)nc(N(c3ccc(C(C)(C)C)cc3)c3ccc(C(C)(C)C)cn3)c2)c2ccc(C(C)(C)C)cn2)cc1. The molecule has 0 fully saturated rings. The Bertz CT molecular complexity index is 2320. The van der Waals surface area contributed by atoms with Crippen molar-refractivity contribution in [1.29, 1.82) is 0 Å². The number of anilines is 9. The van der Waals surface area contributed by atoms with Crippen molar-refractivity contribution in [2.75, 3.05) is 14.7 Å². The predicted molar refractivity (Wildman–Crippen MR) is 294 cm³/mol. The van der Waals surface area contributed by atoms with Gasteiger partial charge in [-0.15, -0.1) is 0 Å². The molecule has 0 aliphatic carbocycles. The Morgan fingerprint density at radius 3 is 0.710 bits per heavy atom. The lowest BCUT2D eigenvalue weighted by atomic mass is 9.87. The Kier molecular flexibility index (Phi) is 13.6. The third-order valence-corrected chi connectivity index (χ3v) is 13.0. The molecule has 0 N–H and O–H groups in total. The summed E-state index contributed by atoms with van der Waals surface area (Å²) in [5, 5.41) is 0. The Morgan fingerprint density at radius 2 is 0.478 bits per heavy atom. The standard InChI is InChI=1S/C62H77N7/c1-57(2,3)42-19-28-48(29-20-42)67(52-34-25-45(39-63-52)60(10,11)12)51-37-55(68(49-30-21-43(22-31-49)58(4,5)6)53-35-26-46(40-64-53)61(13,14)15)66-56(38-51)69(50-32-23-44(24-33-50)59(7,8)9)54-36-27-47(41-65-54)62(16,17)18/h19-41H,1-18H3. The van der Waals surface area contributed by atoms with Crippen molar-refractivity contribution >= 4 is 51.8 Å². The number of hydrogen-bond acceptors (Lipinski definition) is 7. The highest BCUT2D eigenvalue weighted by atomic mass is 15.3. The molecule has 0 unspecified atom stereocenters. The molecule has 0 aliphatic heterocycles. The van der Waals surface area contributed by atoms with Crippen molar-refractivity contribution in [2.24, 2.45) is 0 Å². The van der Waals surface area contributed by atoms with Crippen molar-refractivity contribution < 1.29 is 0 Å². The van der Waals surface area contributed by atoms with Crippen molar-refractivity contribution in [3.8, 4) is 0 Å². The van der Waals surface area contributed by atoms with Crippen LogP contribution in [-0.2, 0) is 32.5 Å². The smallest absolute Gasteiger partial charge is 0.143 e. The van der Waals surface area contributed by atoms with Gasteiger partial charge in [0.1, 0.15) is 29.1 Å². The highest BCUT2D eigenvalue weighted by Gasteiger charge is 2.28. The van der Waals surface area contributed by atoms with Crippen molar-refractivity contribution in [3.05, 3.63) is 173 Å². The summed E-state index contributed by atoms with van der Waals surface area (Å²) < 4.78 is 0.